The van der Waals surface area contributed by atoms with E-state index in [0.29, 0.717) is 5.56 Å². The van der Waals surface area contributed by atoms with Crippen LogP contribution in [0.25, 0.3) is 0 Å². The maximum Gasteiger partial charge on any atom is 0.332 e. The second-order valence-electron chi connectivity index (χ2n) is 2.44. The third-order valence-corrected chi connectivity index (χ3v) is 1.86. The molecule has 0 saturated carbocycles. The van der Waals surface area contributed by atoms with Gasteiger partial charge in [-0.2, -0.15) is 5.10 Å². The number of nitrogens with two attached hydrogens (primary N) is 1. The number of hydrogen-bond donors (Lipinski definition) is 3. The molecule has 6 heteroatoms. The highest BCUT2D eigenvalue weighted by atomic mass is 79.9. The predicted molar refractivity (Wildman–Crippen MR) is 56.1 cm³/mol. The summed E-state index contributed by atoms with van der Waals surface area (Å²) in [6.07, 6.45) is 1.30. The minimum atomic E-state index is -0.752. The van der Waals surface area contributed by atoms with Crippen LogP contribution in [0.4, 0.5) is 4.79 Å². The first-order chi connectivity index (χ1) is 6.59. The summed E-state index contributed by atoms with van der Waals surface area (Å²) in [6, 6.07) is 4.15. The number of primary amides is 1. The summed E-state index contributed by atoms with van der Waals surface area (Å²) in [7, 11) is 0. The van der Waals surface area contributed by atoms with Crippen molar-refractivity contribution in [3.8, 4) is 5.75 Å². The lowest BCUT2D eigenvalue weighted by atomic mass is 10.2. The summed E-state index contributed by atoms with van der Waals surface area (Å²) in [5.41, 5.74) is 7.29. The number of phenolic OH excluding ortho intramolecular Hbond substituents is 1. The Labute approximate surface area is 88.7 Å². The van der Waals surface area contributed by atoms with E-state index in [1.54, 1.807) is 12.1 Å². The lowest BCUT2D eigenvalue weighted by molar-refractivity contribution is 0.249. The number of urea groups is 1. The van der Waals surface area contributed by atoms with Crippen molar-refractivity contribution in [1.82, 2.24) is 5.43 Å². The van der Waals surface area contributed by atoms with Crippen LogP contribution in [0.5, 0.6) is 5.75 Å². The zero-order chi connectivity index (χ0) is 10.6. The van der Waals surface area contributed by atoms with Gasteiger partial charge < -0.3 is 10.8 Å². The summed E-state index contributed by atoms with van der Waals surface area (Å²) >= 11 is 3.19. The molecule has 74 valence electrons. The van der Waals surface area contributed by atoms with Crippen molar-refractivity contribution < 1.29 is 9.90 Å². The molecule has 2 amide bonds. The average Bonchev–Trinajstić information content (AvgIpc) is 2.08. The Morgan fingerprint density at radius 3 is 2.93 bits per heavy atom. The largest absolute Gasteiger partial charge is 0.507 e. The minimum absolute atomic E-state index is 0.0643. The van der Waals surface area contributed by atoms with E-state index in [1.807, 2.05) is 5.43 Å². The van der Waals surface area contributed by atoms with E-state index in [-0.39, 0.29) is 5.75 Å². The molecular weight excluding hydrogens is 250 g/mol. The molecule has 1 aromatic carbocycles. The molecule has 0 radical (unpaired) electrons. The highest BCUT2D eigenvalue weighted by molar-refractivity contribution is 9.10. The van der Waals surface area contributed by atoms with E-state index in [4.69, 9.17) is 5.73 Å². The van der Waals surface area contributed by atoms with Gasteiger partial charge in [0.25, 0.3) is 0 Å². The van der Waals surface area contributed by atoms with E-state index >= 15 is 0 Å². The molecule has 0 atom stereocenters. The van der Waals surface area contributed by atoms with Gasteiger partial charge in [0.2, 0.25) is 0 Å². The fraction of sp³-hybridized carbons (Fsp3) is 0. The van der Waals surface area contributed by atoms with Crippen LogP contribution < -0.4 is 11.2 Å². The van der Waals surface area contributed by atoms with Gasteiger partial charge >= 0.3 is 6.03 Å². The zero-order valence-corrected chi connectivity index (χ0v) is 8.65. The summed E-state index contributed by atoms with van der Waals surface area (Å²) in [5, 5.41) is 12.9. The molecule has 0 unspecified atom stereocenters. The van der Waals surface area contributed by atoms with Crippen molar-refractivity contribution in [3.63, 3.8) is 0 Å². The minimum Gasteiger partial charge on any atom is -0.507 e. The first-order valence-electron chi connectivity index (χ1n) is 3.66. The molecule has 0 saturated heterocycles. The van der Waals surface area contributed by atoms with Gasteiger partial charge in [0.1, 0.15) is 5.75 Å². The summed E-state index contributed by atoms with van der Waals surface area (Å²) in [6.45, 7) is 0. The number of phenols is 1. The van der Waals surface area contributed by atoms with E-state index in [2.05, 4.69) is 21.0 Å². The molecule has 0 spiro atoms. The van der Waals surface area contributed by atoms with E-state index in [9.17, 15) is 9.90 Å². The Hall–Kier alpha value is -1.56. The molecule has 0 fully saturated rings. The third-order valence-electron chi connectivity index (χ3n) is 1.37. The molecule has 0 heterocycles. The maximum atomic E-state index is 10.3. The van der Waals surface area contributed by atoms with Crippen LogP contribution in [-0.4, -0.2) is 17.4 Å². The Balaban J connectivity index is 2.76. The van der Waals surface area contributed by atoms with Crippen LogP contribution in [0.2, 0.25) is 0 Å². The van der Waals surface area contributed by atoms with Gasteiger partial charge in [-0.3, -0.25) is 0 Å². The number of aromatic hydroxyl groups is 1. The van der Waals surface area contributed by atoms with Gasteiger partial charge in [-0.05, 0) is 18.2 Å². The highest BCUT2D eigenvalue weighted by Gasteiger charge is 1.98. The SMILES string of the molecule is NC(=O)NN=Cc1ccc(Br)cc1O. The van der Waals surface area contributed by atoms with Crippen LogP contribution in [0.15, 0.2) is 27.8 Å². The smallest absolute Gasteiger partial charge is 0.332 e. The van der Waals surface area contributed by atoms with Gasteiger partial charge in [0.05, 0.1) is 6.21 Å². The Bertz CT molecular complexity index is 379. The molecule has 1 aromatic rings. The molecule has 0 aliphatic carbocycles. The number of halogens is 1. The molecule has 14 heavy (non-hydrogen) atoms. The molecule has 0 bridgehead atoms. The number of hydrogen-bond acceptors (Lipinski definition) is 3. The summed E-state index contributed by atoms with van der Waals surface area (Å²) in [4.78, 5) is 10.3. The number of nitrogens with one attached hydrogen (secondary N) is 1. The fourth-order valence-corrected chi connectivity index (χ4v) is 1.14. The van der Waals surface area contributed by atoms with E-state index in [1.165, 1.54) is 12.3 Å². The van der Waals surface area contributed by atoms with Gasteiger partial charge in [-0.15, -0.1) is 0 Å². The van der Waals surface area contributed by atoms with Crippen LogP contribution in [0.1, 0.15) is 5.56 Å². The van der Waals surface area contributed by atoms with Crippen molar-refractivity contribution in [1.29, 1.82) is 0 Å². The first kappa shape index (κ1) is 10.5. The monoisotopic (exact) mass is 257 g/mol. The number of nitrogens with zero attached hydrogens (tertiary/aromatic N) is 1. The van der Waals surface area contributed by atoms with Crippen LogP contribution in [0, 0.1) is 0 Å². The number of benzene rings is 1. The number of carbonyl (C=O) groups is 1. The quantitative estimate of drug-likeness (QED) is 0.549. The lowest BCUT2D eigenvalue weighted by Crippen LogP contribution is -2.24. The standard InChI is InChI=1S/C8H8BrN3O2/c9-6-2-1-5(7(13)3-6)4-11-12-8(10)14/h1-4,13H,(H3,10,12,14). The Morgan fingerprint density at radius 2 is 2.36 bits per heavy atom. The highest BCUT2D eigenvalue weighted by Crippen LogP contribution is 2.20. The van der Waals surface area contributed by atoms with Crippen molar-refractivity contribution in [2.45, 2.75) is 0 Å². The molecule has 0 aromatic heterocycles. The van der Waals surface area contributed by atoms with Gasteiger partial charge in [-0.25, -0.2) is 10.2 Å². The number of rotatable bonds is 2. The molecule has 0 aliphatic heterocycles. The summed E-state index contributed by atoms with van der Waals surface area (Å²) < 4.78 is 0.759. The normalized spacial score (nSPS) is 10.4. The van der Waals surface area contributed by atoms with Crippen LogP contribution in [0.3, 0.4) is 0 Å². The van der Waals surface area contributed by atoms with Crippen LogP contribution >= 0.6 is 15.9 Å². The Morgan fingerprint density at radius 1 is 1.64 bits per heavy atom. The summed E-state index contributed by atoms with van der Waals surface area (Å²) in [5.74, 6) is 0.0643. The molecule has 4 N–H and O–H groups in total. The first-order valence-corrected chi connectivity index (χ1v) is 4.46. The number of carbonyl (C=O) groups excluding carboxylic acids is 1. The number of amides is 2. The maximum absolute atomic E-state index is 10.3. The Kier molecular flexibility index (Phi) is 3.47. The van der Waals surface area contributed by atoms with E-state index in [0.717, 1.165) is 4.47 Å². The predicted octanol–water partition coefficient (Wildman–Crippen LogP) is 1.16. The zero-order valence-electron chi connectivity index (χ0n) is 7.07. The molecular formula is C8H8BrN3O2. The molecule has 5 nitrogen and oxygen atoms in total. The van der Waals surface area contributed by atoms with Crippen LogP contribution in [-0.2, 0) is 0 Å². The topological polar surface area (TPSA) is 87.7 Å². The lowest BCUT2D eigenvalue weighted by Gasteiger charge is -1.98. The van der Waals surface area contributed by atoms with Crippen molar-refractivity contribution in [2.24, 2.45) is 10.8 Å². The van der Waals surface area contributed by atoms with Crippen molar-refractivity contribution in [3.05, 3.63) is 28.2 Å². The molecule has 0 aliphatic rings. The second-order valence-corrected chi connectivity index (χ2v) is 3.35. The van der Waals surface area contributed by atoms with Gasteiger partial charge in [-0.1, -0.05) is 15.9 Å². The van der Waals surface area contributed by atoms with Crippen molar-refractivity contribution in [2.75, 3.05) is 0 Å². The van der Waals surface area contributed by atoms with E-state index < -0.39 is 6.03 Å². The second kappa shape index (κ2) is 4.61. The average molecular weight is 258 g/mol. The fourth-order valence-electron chi connectivity index (χ4n) is 0.791. The van der Waals surface area contributed by atoms with Gasteiger partial charge in [0.15, 0.2) is 0 Å². The van der Waals surface area contributed by atoms with Gasteiger partial charge in [0, 0.05) is 10.0 Å². The third kappa shape index (κ3) is 3.06. The number of hydrazone groups is 1. The molecule has 1 rings (SSSR count). The van der Waals surface area contributed by atoms with Crippen molar-refractivity contribution >= 4 is 28.2 Å².